The molecule has 2 heterocycles. The summed E-state index contributed by atoms with van der Waals surface area (Å²) < 4.78 is 5.02. The second kappa shape index (κ2) is 7.81. The van der Waals surface area contributed by atoms with Gasteiger partial charge in [-0.25, -0.2) is 0 Å². The molecule has 5 nitrogen and oxygen atoms in total. The van der Waals surface area contributed by atoms with Gasteiger partial charge in [0.25, 0.3) is 5.91 Å². The van der Waals surface area contributed by atoms with Crippen LogP contribution < -0.4 is 5.32 Å². The van der Waals surface area contributed by atoms with Crippen molar-refractivity contribution in [3.05, 3.63) is 38.4 Å². The Balaban J connectivity index is 1.58. The van der Waals surface area contributed by atoms with Crippen molar-refractivity contribution < 1.29 is 14.3 Å². The van der Waals surface area contributed by atoms with E-state index in [4.69, 9.17) is 4.74 Å². The molecule has 1 atom stereocenters. The minimum absolute atomic E-state index is 0.166. The van der Waals surface area contributed by atoms with E-state index >= 15 is 0 Å². The largest absolute Gasteiger partial charge is 0.455 e. The number of nitriles is 1. The second-order valence-corrected chi connectivity index (χ2v) is 8.27. The molecule has 3 rings (SSSR count). The summed E-state index contributed by atoms with van der Waals surface area (Å²) in [6.45, 7) is 1.86. The maximum Gasteiger partial charge on any atom is 0.311 e. The fourth-order valence-electron chi connectivity index (χ4n) is 2.87. The lowest BCUT2D eigenvalue weighted by atomic mass is 9.89. The van der Waals surface area contributed by atoms with Crippen LogP contribution in [0.1, 0.15) is 34.2 Å². The van der Waals surface area contributed by atoms with Crippen molar-refractivity contribution in [2.45, 2.75) is 32.6 Å². The van der Waals surface area contributed by atoms with E-state index in [0.717, 1.165) is 29.7 Å². The second-order valence-electron chi connectivity index (χ2n) is 6.13. The number of nitrogens with zero attached hydrogens (tertiary/aromatic N) is 1. The number of nitrogens with one attached hydrogen (secondary N) is 1. The summed E-state index contributed by atoms with van der Waals surface area (Å²) in [4.78, 5) is 25.9. The average Bonchev–Trinajstić information content (AvgIpc) is 3.19. The third-order valence-electron chi connectivity index (χ3n) is 4.14. The molecule has 1 aliphatic carbocycles. The van der Waals surface area contributed by atoms with Crippen LogP contribution in [-0.4, -0.2) is 18.5 Å². The summed E-state index contributed by atoms with van der Waals surface area (Å²) in [6.07, 6.45) is 3.05. The molecule has 0 unspecified atom stereocenters. The summed E-state index contributed by atoms with van der Waals surface area (Å²) in [7, 11) is 0. The number of ether oxygens (including phenoxy) is 1. The van der Waals surface area contributed by atoms with Crippen molar-refractivity contribution in [2.75, 3.05) is 11.9 Å². The van der Waals surface area contributed by atoms with Gasteiger partial charge in [0.15, 0.2) is 6.61 Å². The highest BCUT2D eigenvalue weighted by atomic mass is 32.1. The molecule has 7 heteroatoms. The molecule has 0 bridgehead atoms. The Labute approximate surface area is 154 Å². The molecule has 2 aromatic heterocycles. The van der Waals surface area contributed by atoms with Gasteiger partial charge in [0.05, 0.1) is 12.0 Å². The van der Waals surface area contributed by atoms with E-state index in [-0.39, 0.29) is 13.0 Å². The van der Waals surface area contributed by atoms with Crippen LogP contribution in [-0.2, 0) is 33.6 Å². The first-order valence-electron chi connectivity index (χ1n) is 8.09. The van der Waals surface area contributed by atoms with E-state index in [1.807, 2.05) is 17.5 Å². The lowest BCUT2D eigenvalue weighted by Crippen LogP contribution is -2.21. The molecule has 1 aliphatic rings. The molecule has 25 heavy (non-hydrogen) atoms. The van der Waals surface area contributed by atoms with Crippen LogP contribution in [0.3, 0.4) is 0 Å². The zero-order valence-corrected chi connectivity index (χ0v) is 15.5. The molecule has 1 amide bonds. The highest BCUT2D eigenvalue weighted by molar-refractivity contribution is 7.16. The Morgan fingerprint density at radius 1 is 1.48 bits per heavy atom. The number of rotatable bonds is 5. The first-order chi connectivity index (χ1) is 12.1. The van der Waals surface area contributed by atoms with Gasteiger partial charge in [-0.1, -0.05) is 13.0 Å². The van der Waals surface area contributed by atoms with Crippen LogP contribution in [0.25, 0.3) is 0 Å². The monoisotopic (exact) mass is 374 g/mol. The molecule has 0 spiro atoms. The van der Waals surface area contributed by atoms with Crippen LogP contribution in [0.5, 0.6) is 0 Å². The molecular weight excluding hydrogens is 356 g/mol. The summed E-state index contributed by atoms with van der Waals surface area (Å²) in [5.41, 5.74) is 1.63. The lowest BCUT2D eigenvalue weighted by Gasteiger charge is -2.17. The van der Waals surface area contributed by atoms with Gasteiger partial charge in [0.2, 0.25) is 0 Å². The summed E-state index contributed by atoms with van der Waals surface area (Å²) >= 11 is 2.94. The number of thiophene rings is 2. The standard InChI is InChI=1S/C18H18N2O3S2/c1-11-4-5-13-14(9-19)18(25-15(13)7-11)20-16(21)10-23-17(22)8-12-3-2-6-24-12/h2-3,6,11H,4-5,7-8,10H2,1H3,(H,20,21)/t11-/m1/s1. The summed E-state index contributed by atoms with van der Waals surface area (Å²) in [6, 6.07) is 5.92. The van der Waals surface area contributed by atoms with E-state index in [9.17, 15) is 14.9 Å². The van der Waals surface area contributed by atoms with E-state index < -0.39 is 11.9 Å². The smallest absolute Gasteiger partial charge is 0.311 e. The van der Waals surface area contributed by atoms with Gasteiger partial charge in [0.1, 0.15) is 11.1 Å². The fourth-order valence-corrected chi connectivity index (χ4v) is 4.94. The molecular formula is C18H18N2O3S2. The molecule has 2 aromatic rings. The third-order valence-corrected chi connectivity index (χ3v) is 6.19. The zero-order chi connectivity index (χ0) is 17.8. The normalized spacial score (nSPS) is 15.9. The quantitative estimate of drug-likeness (QED) is 0.812. The van der Waals surface area contributed by atoms with Gasteiger partial charge in [-0.2, -0.15) is 5.26 Å². The van der Waals surface area contributed by atoms with E-state index in [1.165, 1.54) is 27.6 Å². The number of carbonyl (C=O) groups excluding carboxylic acids is 2. The fraction of sp³-hybridized carbons (Fsp3) is 0.389. The van der Waals surface area contributed by atoms with E-state index in [0.29, 0.717) is 16.5 Å². The molecule has 1 N–H and O–H groups in total. The van der Waals surface area contributed by atoms with Crippen LogP contribution in [0.2, 0.25) is 0 Å². The number of anilines is 1. The highest BCUT2D eigenvalue weighted by Crippen LogP contribution is 2.39. The predicted octanol–water partition coefficient (Wildman–Crippen LogP) is 3.53. The minimum atomic E-state index is -0.433. The van der Waals surface area contributed by atoms with Crippen LogP contribution in [0, 0.1) is 17.2 Å². The Bertz CT molecular complexity index is 818. The van der Waals surface area contributed by atoms with Gasteiger partial charge in [-0.3, -0.25) is 9.59 Å². The van der Waals surface area contributed by atoms with Gasteiger partial charge in [-0.05, 0) is 42.2 Å². The van der Waals surface area contributed by atoms with Crippen molar-refractivity contribution in [3.8, 4) is 6.07 Å². The van der Waals surface area contributed by atoms with Gasteiger partial charge >= 0.3 is 5.97 Å². The number of amides is 1. The molecule has 0 fully saturated rings. The van der Waals surface area contributed by atoms with Crippen LogP contribution in [0.4, 0.5) is 5.00 Å². The number of carbonyl (C=O) groups is 2. The van der Waals surface area contributed by atoms with Crippen molar-refractivity contribution in [1.82, 2.24) is 0 Å². The number of esters is 1. The van der Waals surface area contributed by atoms with Crippen molar-refractivity contribution in [1.29, 1.82) is 5.26 Å². The highest BCUT2D eigenvalue weighted by Gasteiger charge is 2.24. The van der Waals surface area contributed by atoms with Crippen LogP contribution >= 0.6 is 22.7 Å². The van der Waals surface area contributed by atoms with Gasteiger partial charge < -0.3 is 10.1 Å². The van der Waals surface area contributed by atoms with E-state index in [2.05, 4.69) is 18.3 Å². The SMILES string of the molecule is C[C@@H]1CCc2c(sc(NC(=O)COC(=O)Cc3cccs3)c2C#N)C1. The Kier molecular flexibility index (Phi) is 5.51. The average molecular weight is 374 g/mol. The predicted molar refractivity (Wildman–Crippen MR) is 97.8 cm³/mol. The number of hydrogen-bond donors (Lipinski definition) is 1. The van der Waals surface area contributed by atoms with Crippen molar-refractivity contribution in [3.63, 3.8) is 0 Å². The van der Waals surface area contributed by atoms with Gasteiger partial charge in [0, 0.05) is 9.75 Å². The Morgan fingerprint density at radius 3 is 3.04 bits per heavy atom. The molecule has 0 aliphatic heterocycles. The molecule has 0 radical (unpaired) electrons. The maximum atomic E-state index is 12.1. The Morgan fingerprint density at radius 2 is 2.32 bits per heavy atom. The third kappa shape index (κ3) is 4.27. The topological polar surface area (TPSA) is 79.2 Å². The van der Waals surface area contributed by atoms with Gasteiger partial charge in [-0.15, -0.1) is 22.7 Å². The molecule has 0 saturated carbocycles. The van der Waals surface area contributed by atoms with Crippen LogP contribution in [0.15, 0.2) is 17.5 Å². The number of hydrogen-bond acceptors (Lipinski definition) is 6. The summed E-state index contributed by atoms with van der Waals surface area (Å²) in [5.74, 6) is -0.250. The summed E-state index contributed by atoms with van der Waals surface area (Å²) in [5, 5.41) is 14.6. The first-order valence-corrected chi connectivity index (χ1v) is 9.79. The molecule has 0 saturated heterocycles. The Hall–Kier alpha value is -2.17. The number of fused-ring (bicyclic) bond motifs is 1. The maximum absolute atomic E-state index is 12.1. The minimum Gasteiger partial charge on any atom is -0.455 e. The molecule has 0 aromatic carbocycles. The van der Waals surface area contributed by atoms with Crippen molar-refractivity contribution in [2.24, 2.45) is 5.92 Å². The van der Waals surface area contributed by atoms with E-state index in [1.54, 1.807) is 0 Å². The van der Waals surface area contributed by atoms with Crippen molar-refractivity contribution >= 4 is 39.6 Å². The lowest BCUT2D eigenvalue weighted by molar-refractivity contribution is -0.146. The molecule has 130 valence electrons. The first kappa shape index (κ1) is 17.6. The zero-order valence-electron chi connectivity index (χ0n) is 13.8.